The van der Waals surface area contributed by atoms with Crippen LogP contribution >= 0.6 is 0 Å². The number of piperidine rings is 1. The van der Waals surface area contributed by atoms with Gasteiger partial charge in [0, 0.05) is 33.9 Å². The largest absolute Gasteiger partial charge is 0.385 e. The van der Waals surface area contributed by atoms with Gasteiger partial charge in [-0.05, 0) is 25.8 Å². The first-order valence-electron chi connectivity index (χ1n) is 5.70. The third kappa shape index (κ3) is 4.18. The number of hydrogen-bond acceptors (Lipinski definition) is 3. The van der Waals surface area contributed by atoms with E-state index in [1.165, 1.54) is 0 Å². The Labute approximate surface area is 92.0 Å². The van der Waals surface area contributed by atoms with Crippen molar-refractivity contribution in [2.24, 2.45) is 5.92 Å². The Bertz CT molecular complexity index is 191. The second-order valence-corrected chi connectivity index (χ2v) is 4.15. The van der Waals surface area contributed by atoms with E-state index in [1.54, 1.807) is 7.11 Å². The zero-order chi connectivity index (χ0) is 11.1. The summed E-state index contributed by atoms with van der Waals surface area (Å²) in [6, 6.07) is 0. The van der Waals surface area contributed by atoms with E-state index in [2.05, 4.69) is 5.32 Å². The Morgan fingerprint density at radius 2 is 2.40 bits per heavy atom. The summed E-state index contributed by atoms with van der Waals surface area (Å²) in [5, 5.41) is 3.27. The van der Waals surface area contributed by atoms with Crippen LogP contribution in [0.2, 0.25) is 0 Å². The van der Waals surface area contributed by atoms with E-state index < -0.39 is 0 Å². The maximum absolute atomic E-state index is 11.9. The number of hydrogen-bond donors (Lipinski definition) is 1. The number of nitrogens with zero attached hydrogens (tertiary/aromatic N) is 1. The molecule has 1 atom stereocenters. The smallest absolute Gasteiger partial charge is 0.226 e. The molecule has 4 heteroatoms. The maximum atomic E-state index is 11.9. The summed E-state index contributed by atoms with van der Waals surface area (Å²) in [6.45, 7) is 3.41. The second kappa shape index (κ2) is 6.80. The first-order valence-corrected chi connectivity index (χ1v) is 5.70. The molecule has 4 nitrogen and oxygen atoms in total. The Balaban J connectivity index is 2.24. The highest BCUT2D eigenvalue weighted by atomic mass is 16.5. The molecule has 88 valence electrons. The molecule has 0 radical (unpaired) electrons. The molecular formula is C11H22N2O2. The fraction of sp³-hybridized carbons (Fsp3) is 0.909. The highest BCUT2D eigenvalue weighted by molar-refractivity contribution is 5.78. The third-order valence-electron chi connectivity index (χ3n) is 2.86. The Kier molecular flexibility index (Phi) is 5.65. The van der Waals surface area contributed by atoms with Crippen molar-refractivity contribution in [3.8, 4) is 0 Å². The van der Waals surface area contributed by atoms with Crippen LogP contribution in [0.15, 0.2) is 0 Å². The van der Waals surface area contributed by atoms with Crippen molar-refractivity contribution >= 4 is 5.91 Å². The molecule has 1 fully saturated rings. The van der Waals surface area contributed by atoms with Crippen LogP contribution in [0.5, 0.6) is 0 Å². The highest BCUT2D eigenvalue weighted by Crippen LogP contribution is 2.12. The second-order valence-electron chi connectivity index (χ2n) is 4.15. The lowest BCUT2D eigenvalue weighted by Crippen LogP contribution is -2.41. The number of rotatable bonds is 5. The average Bonchev–Trinajstić information content (AvgIpc) is 2.29. The van der Waals surface area contributed by atoms with Crippen LogP contribution in [0.3, 0.4) is 0 Å². The van der Waals surface area contributed by atoms with Gasteiger partial charge in [0.05, 0.1) is 5.92 Å². The van der Waals surface area contributed by atoms with Crippen molar-refractivity contribution in [3.05, 3.63) is 0 Å². The third-order valence-corrected chi connectivity index (χ3v) is 2.86. The van der Waals surface area contributed by atoms with Crippen molar-refractivity contribution in [2.45, 2.75) is 19.3 Å². The van der Waals surface area contributed by atoms with Gasteiger partial charge < -0.3 is 15.0 Å². The van der Waals surface area contributed by atoms with Crippen LogP contribution in [-0.2, 0) is 9.53 Å². The zero-order valence-electron chi connectivity index (χ0n) is 9.79. The van der Waals surface area contributed by atoms with Crippen molar-refractivity contribution in [2.75, 3.05) is 40.4 Å². The molecule has 1 aliphatic heterocycles. The van der Waals surface area contributed by atoms with E-state index in [-0.39, 0.29) is 11.8 Å². The van der Waals surface area contributed by atoms with Crippen LogP contribution in [0.4, 0.5) is 0 Å². The SMILES string of the molecule is COCCCN(C)C(=O)[C@@H]1CCCNC1. The van der Waals surface area contributed by atoms with Crippen LogP contribution in [-0.4, -0.2) is 51.2 Å². The molecule has 0 aliphatic carbocycles. The number of methoxy groups -OCH3 is 1. The Morgan fingerprint density at radius 1 is 1.60 bits per heavy atom. The molecule has 0 aromatic heterocycles. The van der Waals surface area contributed by atoms with Gasteiger partial charge in [-0.2, -0.15) is 0 Å². The van der Waals surface area contributed by atoms with Gasteiger partial charge in [0.15, 0.2) is 0 Å². The molecule has 0 unspecified atom stereocenters. The summed E-state index contributed by atoms with van der Waals surface area (Å²) in [6.07, 6.45) is 3.06. The zero-order valence-corrected chi connectivity index (χ0v) is 9.79. The van der Waals surface area contributed by atoms with Gasteiger partial charge in [-0.1, -0.05) is 0 Å². The lowest BCUT2D eigenvalue weighted by atomic mass is 9.98. The molecule has 1 amide bonds. The minimum absolute atomic E-state index is 0.186. The predicted molar refractivity (Wildman–Crippen MR) is 59.7 cm³/mol. The topological polar surface area (TPSA) is 41.6 Å². The molecule has 0 aromatic rings. The van der Waals surface area contributed by atoms with E-state index in [0.29, 0.717) is 0 Å². The number of amides is 1. The first-order chi connectivity index (χ1) is 7.25. The highest BCUT2D eigenvalue weighted by Gasteiger charge is 2.23. The van der Waals surface area contributed by atoms with E-state index in [9.17, 15) is 4.79 Å². The van der Waals surface area contributed by atoms with Crippen molar-refractivity contribution in [3.63, 3.8) is 0 Å². The van der Waals surface area contributed by atoms with E-state index in [1.807, 2.05) is 11.9 Å². The first kappa shape index (κ1) is 12.5. The van der Waals surface area contributed by atoms with Gasteiger partial charge in [-0.25, -0.2) is 0 Å². The molecule has 1 saturated heterocycles. The Hall–Kier alpha value is -0.610. The predicted octanol–water partition coefficient (Wildman–Crippen LogP) is 0.481. The number of ether oxygens (including phenoxy) is 1. The fourth-order valence-electron chi connectivity index (χ4n) is 1.93. The molecule has 0 bridgehead atoms. The molecule has 0 saturated carbocycles. The van der Waals surface area contributed by atoms with Gasteiger partial charge in [0.2, 0.25) is 5.91 Å². The van der Waals surface area contributed by atoms with Crippen LogP contribution in [0, 0.1) is 5.92 Å². The van der Waals surface area contributed by atoms with Gasteiger partial charge in [0.25, 0.3) is 0 Å². The minimum atomic E-state index is 0.186. The number of carbonyl (C=O) groups excluding carboxylic acids is 1. The summed E-state index contributed by atoms with van der Waals surface area (Å²) >= 11 is 0. The normalized spacial score (nSPS) is 21.3. The lowest BCUT2D eigenvalue weighted by Gasteiger charge is -2.26. The van der Waals surface area contributed by atoms with Gasteiger partial charge in [-0.3, -0.25) is 4.79 Å². The van der Waals surface area contributed by atoms with Crippen molar-refractivity contribution < 1.29 is 9.53 Å². The van der Waals surface area contributed by atoms with Gasteiger partial charge in [-0.15, -0.1) is 0 Å². The molecule has 1 rings (SSSR count). The van der Waals surface area contributed by atoms with Gasteiger partial charge >= 0.3 is 0 Å². The van der Waals surface area contributed by atoms with Crippen molar-refractivity contribution in [1.29, 1.82) is 0 Å². The fourth-order valence-corrected chi connectivity index (χ4v) is 1.93. The summed E-state index contributed by atoms with van der Waals surface area (Å²) < 4.78 is 4.97. The molecule has 0 aromatic carbocycles. The lowest BCUT2D eigenvalue weighted by molar-refractivity contribution is -0.134. The van der Waals surface area contributed by atoms with Crippen LogP contribution in [0.25, 0.3) is 0 Å². The molecule has 1 heterocycles. The van der Waals surface area contributed by atoms with Crippen LogP contribution < -0.4 is 5.32 Å². The molecular weight excluding hydrogens is 192 g/mol. The monoisotopic (exact) mass is 214 g/mol. The number of carbonyl (C=O) groups is 1. The quantitative estimate of drug-likeness (QED) is 0.677. The molecule has 1 aliphatic rings. The van der Waals surface area contributed by atoms with Gasteiger partial charge in [0.1, 0.15) is 0 Å². The minimum Gasteiger partial charge on any atom is -0.385 e. The summed E-state index contributed by atoms with van der Waals surface area (Å²) in [5.74, 6) is 0.463. The molecule has 0 spiro atoms. The Morgan fingerprint density at radius 3 is 3.00 bits per heavy atom. The van der Waals surface area contributed by atoms with Crippen LogP contribution in [0.1, 0.15) is 19.3 Å². The summed E-state index contributed by atoms with van der Waals surface area (Å²) in [7, 11) is 3.57. The van der Waals surface area contributed by atoms with Crippen molar-refractivity contribution in [1.82, 2.24) is 10.2 Å². The molecule has 15 heavy (non-hydrogen) atoms. The maximum Gasteiger partial charge on any atom is 0.226 e. The average molecular weight is 214 g/mol. The van der Waals surface area contributed by atoms with E-state index in [0.717, 1.165) is 45.5 Å². The van der Waals surface area contributed by atoms with E-state index >= 15 is 0 Å². The molecule has 1 N–H and O–H groups in total. The summed E-state index contributed by atoms with van der Waals surface area (Å²) in [5.41, 5.74) is 0. The standard InChI is InChI=1S/C11H22N2O2/c1-13(7-4-8-15-2)11(14)10-5-3-6-12-9-10/h10,12H,3-9H2,1-2H3/t10-/m1/s1. The summed E-state index contributed by atoms with van der Waals surface area (Å²) in [4.78, 5) is 13.8. The van der Waals surface area contributed by atoms with E-state index in [4.69, 9.17) is 4.74 Å². The number of nitrogens with one attached hydrogen (secondary N) is 1.